The molecule has 1 N–H and O–H groups in total. The second-order valence-corrected chi connectivity index (χ2v) is 10.1. The van der Waals surface area contributed by atoms with Gasteiger partial charge in [0.25, 0.3) is 0 Å². The molecule has 3 aromatic heterocycles. The fourth-order valence-electron chi connectivity index (χ4n) is 5.23. The number of benzene rings is 1. The van der Waals surface area contributed by atoms with E-state index in [1.807, 2.05) is 18.3 Å². The number of hydrogen-bond donors (Lipinski definition) is 1. The Bertz CT molecular complexity index is 1290. The van der Waals surface area contributed by atoms with E-state index >= 15 is 0 Å². The number of ketones is 1. The minimum absolute atomic E-state index is 0.153. The molecule has 0 saturated carbocycles. The third-order valence-corrected chi connectivity index (χ3v) is 7.73. The summed E-state index contributed by atoms with van der Waals surface area (Å²) in [5.41, 5.74) is 4.93. The van der Waals surface area contributed by atoms with Crippen LogP contribution in [0.5, 0.6) is 0 Å². The number of morpholine rings is 1. The Hall–Kier alpha value is -3.07. The predicted octanol–water partition coefficient (Wildman–Crippen LogP) is 4.47. The van der Waals surface area contributed by atoms with Crippen LogP contribution in [0, 0.1) is 0 Å². The first-order valence-electron chi connectivity index (χ1n) is 12.3. The standard InChI is InChI=1S/C27H29N5O2S/c33-24(27(21-7-14-35-18-21)32-8-1-2-9-32)16-19-3-5-23-22(15-19)26(30-29-23)20-4-6-25(28-17-20)31-10-12-34-13-11-31/h3-7,14-15,17-18,27H,1-2,8-13,16H2,(H,29,30). The molecule has 6 rings (SSSR count). The van der Waals surface area contributed by atoms with Gasteiger partial charge in [-0.15, -0.1) is 0 Å². The van der Waals surface area contributed by atoms with Gasteiger partial charge in [0.2, 0.25) is 0 Å². The van der Waals surface area contributed by atoms with Gasteiger partial charge in [-0.05, 0) is 78.2 Å². The van der Waals surface area contributed by atoms with Crippen LogP contribution in [0.3, 0.4) is 0 Å². The molecule has 180 valence electrons. The molecule has 0 spiro atoms. The van der Waals surface area contributed by atoms with E-state index in [-0.39, 0.29) is 11.8 Å². The van der Waals surface area contributed by atoms with Crippen LogP contribution in [0.1, 0.15) is 30.0 Å². The number of Topliss-reactive ketones (excluding diaryl/α,β-unsaturated/α-hetero) is 1. The number of fused-ring (bicyclic) bond motifs is 1. The highest BCUT2D eigenvalue weighted by molar-refractivity contribution is 7.08. The number of H-pyrrole nitrogens is 1. The van der Waals surface area contributed by atoms with E-state index < -0.39 is 0 Å². The van der Waals surface area contributed by atoms with Gasteiger partial charge >= 0.3 is 0 Å². The number of likely N-dealkylation sites (tertiary alicyclic amines) is 1. The van der Waals surface area contributed by atoms with Crippen molar-refractivity contribution in [3.05, 3.63) is 64.5 Å². The van der Waals surface area contributed by atoms with E-state index in [4.69, 9.17) is 4.74 Å². The Kier molecular flexibility index (Phi) is 6.33. The number of carbonyl (C=O) groups excluding carboxylic acids is 1. The van der Waals surface area contributed by atoms with Gasteiger partial charge in [0.1, 0.15) is 11.5 Å². The summed E-state index contributed by atoms with van der Waals surface area (Å²) in [6, 6.07) is 12.2. The quantitative estimate of drug-likeness (QED) is 0.415. The van der Waals surface area contributed by atoms with Crippen molar-refractivity contribution in [3.63, 3.8) is 0 Å². The molecule has 2 saturated heterocycles. The summed E-state index contributed by atoms with van der Waals surface area (Å²) in [4.78, 5) is 22.8. The summed E-state index contributed by atoms with van der Waals surface area (Å²) < 4.78 is 5.45. The number of nitrogens with one attached hydrogen (secondary N) is 1. The predicted molar refractivity (Wildman–Crippen MR) is 139 cm³/mol. The van der Waals surface area contributed by atoms with Crippen molar-refractivity contribution in [1.29, 1.82) is 0 Å². The molecule has 7 nitrogen and oxygen atoms in total. The van der Waals surface area contributed by atoms with Gasteiger partial charge in [0.15, 0.2) is 5.78 Å². The molecular weight excluding hydrogens is 458 g/mol. The molecule has 0 amide bonds. The lowest BCUT2D eigenvalue weighted by Crippen LogP contribution is -2.36. The Balaban J connectivity index is 1.25. The number of hydrogen-bond acceptors (Lipinski definition) is 7. The van der Waals surface area contributed by atoms with Gasteiger partial charge in [-0.2, -0.15) is 16.4 Å². The van der Waals surface area contributed by atoms with E-state index in [0.717, 1.165) is 91.3 Å². The summed E-state index contributed by atoms with van der Waals surface area (Å²) in [7, 11) is 0. The fraction of sp³-hybridized carbons (Fsp3) is 0.370. The topological polar surface area (TPSA) is 74.3 Å². The molecule has 0 aliphatic carbocycles. The zero-order valence-corrected chi connectivity index (χ0v) is 20.5. The Morgan fingerprint density at radius 1 is 1.09 bits per heavy atom. The van der Waals surface area contributed by atoms with Crippen molar-refractivity contribution in [2.24, 2.45) is 0 Å². The second-order valence-electron chi connectivity index (χ2n) is 9.30. The number of anilines is 1. The normalized spacial score (nSPS) is 17.8. The molecule has 1 atom stereocenters. The summed E-state index contributed by atoms with van der Waals surface area (Å²) in [5.74, 6) is 1.22. The highest BCUT2D eigenvalue weighted by Gasteiger charge is 2.29. The molecule has 1 unspecified atom stereocenters. The van der Waals surface area contributed by atoms with Crippen molar-refractivity contribution in [2.45, 2.75) is 25.3 Å². The number of carbonyl (C=O) groups is 1. The van der Waals surface area contributed by atoms with Gasteiger partial charge in [-0.25, -0.2) is 4.98 Å². The van der Waals surface area contributed by atoms with Crippen LogP contribution >= 0.6 is 11.3 Å². The first kappa shape index (κ1) is 22.4. The van der Waals surface area contributed by atoms with E-state index in [2.05, 4.69) is 60.0 Å². The zero-order valence-electron chi connectivity index (χ0n) is 19.7. The smallest absolute Gasteiger partial charge is 0.158 e. The number of thiophene rings is 1. The van der Waals surface area contributed by atoms with Crippen LogP contribution in [-0.4, -0.2) is 65.3 Å². The van der Waals surface area contributed by atoms with Crippen LogP contribution in [0.2, 0.25) is 0 Å². The van der Waals surface area contributed by atoms with Crippen molar-refractivity contribution >= 4 is 33.8 Å². The molecule has 2 aliphatic heterocycles. The van der Waals surface area contributed by atoms with Gasteiger partial charge in [0.05, 0.1) is 24.8 Å². The van der Waals surface area contributed by atoms with Crippen LogP contribution in [0.25, 0.3) is 22.2 Å². The van der Waals surface area contributed by atoms with E-state index in [0.29, 0.717) is 6.42 Å². The number of rotatable bonds is 7. The molecule has 2 aliphatic rings. The van der Waals surface area contributed by atoms with E-state index in [1.54, 1.807) is 11.3 Å². The Morgan fingerprint density at radius 3 is 2.69 bits per heavy atom. The van der Waals surface area contributed by atoms with Crippen molar-refractivity contribution in [3.8, 4) is 11.3 Å². The number of pyridine rings is 1. The molecular formula is C27H29N5O2S. The monoisotopic (exact) mass is 487 g/mol. The SMILES string of the molecule is O=C(Cc1ccc2[nH]nc(-c3ccc(N4CCOCC4)nc3)c2c1)C(c1ccsc1)N1CCCC1. The van der Waals surface area contributed by atoms with Crippen molar-refractivity contribution in [1.82, 2.24) is 20.1 Å². The lowest BCUT2D eigenvalue weighted by molar-refractivity contribution is -0.123. The lowest BCUT2D eigenvalue weighted by atomic mass is 9.97. The number of aromatic nitrogens is 3. The summed E-state index contributed by atoms with van der Waals surface area (Å²) in [5, 5.41) is 12.9. The maximum Gasteiger partial charge on any atom is 0.158 e. The summed E-state index contributed by atoms with van der Waals surface area (Å²) >= 11 is 1.66. The van der Waals surface area contributed by atoms with E-state index in [9.17, 15) is 4.79 Å². The summed E-state index contributed by atoms with van der Waals surface area (Å²) in [6.07, 6.45) is 4.62. The number of aromatic amines is 1. The van der Waals surface area contributed by atoms with Gasteiger partial charge < -0.3 is 9.64 Å². The first-order valence-corrected chi connectivity index (χ1v) is 13.3. The zero-order chi connectivity index (χ0) is 23.6. The molecule has 0 bridgehead atoms. The fourth-order valence-corrected chi connectivity index (χ4v) is 5.90. The summed E-state index contributed by atoms with van der Waals surface area (Å²) in [6.45, 7) is 5.17. The Morgan fingerprint density at radius 2 is 1.94 bits per heavy atom. The molecule has 8 heteroatoms. The minimum atomic E-state index is -0.153. The third kappa shape index (κ3) is 4.61. The van der Waals surface area contributed by atoms with Gasteiger partial charge in [-0.3, -0.25) is 14.8 Å². The minimum Gasteiger partial charge on any atom is -0.378 e. The van der Waals surface area contributed by atoms with Crippen LogP contribution in [-0.2, 0) is 16.0 Å². The molecule has 2 fully saturated rings. The average molecular weight is 488 g/mol. The number of nitrogens with zero attached hydrogens (tertiary/aromatic N) is 4. The average Bonchev–Trinajstić information content (AvgIpc) is 3.68. The Labute approximate surface area is 208 Å². The first-order chi connectivity index (χ1) is 17.3. The van der Waals surface area contributed by atoms with Crippen molar-refractivity contribution in [2.75, 3.05) is 44.3 Å². The maximum atomic E-state index is 13.5. The molecule has 5 heterocycles. The lowest BCUT2D eigenvalue weighted by Gasteiger charge is -2.27. The highest BCUT2D eigenvalue weighted by atomic mass is 32.1. The second kappa shape index (κ2) is 9.89. The largest absolute Gasteiger partial charge is 0.378 e. The third-order valence-electron chi connectivity index (χ3n) is 7.03. The highest BCUT2D eigenvalue weighted by Crippen LogP contribution is 2.31. The van der Waals surface area contributed by atoms with Crippen LogP contribution in [0.15, 0.2) is 53.4 Å². The van der Waals surface area contributed by atoms with Crippen molar-refractivity contribution < 1.29 is 9.53 Å². The van der Waals surface area contributed by atoms with E-state index in [1.165, 1.54) is 0 Å². The van der Waals surface area contributed by atoms with Gasteiger partial charge in [0, 0.05) is 36.7 Å². The van der Waals surface area contributed by atoms with Crippen LogP contribution in [0.4, 0.5) is 5.82 Å². The molecule has 0 radical (unpaired) electrons. The maximum absolute atomic E-state index is 13.5. The molecule has 4 aromatic rings. The van der Waals surface area contributed by atoms with Crippen LogP contribution < -0.4 is 4.90 Å². The molecule has 35 heavy (non-hydrogen) atoms. The van der Waals surface area contributed by atoms with Gasteiger partial charge in [-0.1, -0.05) is 6.07 Å². The molecule has 1 aromatic carbocycles. The number of ether oxygens (including phenoxy) is 1.